The quantitative estimate of drug-likeness (QED) is 0.565. The van der Waals surface area contributed by atoms with Gasteiger partial charge in [-0.15, -0.1) is 0 Å². The molecule has 7 nitrogen and oxygen atoms in total. The van der Waals surface area contributed by atoms with E-state index in [1.54, 1.807) is 18.2 Å². The highest BCUT2D eigenvalue weighted by Gasteiger charge is 2.17. The van der Waals surface area contributed by atoms with Crippen LogP contribution in [0.2, 0.25) is 0 Å². The lowest BCUT2D eigenvalue weighted by Gasteiger charge is -2.13. The number of ether oxygens (including phenoxy) is 2. The normalized spacial score (nSPS) is 15.6. The van der Waals surface area contributed by atoms with Crippen LogP contribution in [0.1, 0.15) is 18.4 Å². The highest BCUT2D eigenvalue weighted by atomic mass is 32.2. The van der Waals surface area contributed by atoms with Crippen molar-refractivity contribution in [1.82, 2.24) is 9.97 Å². The van der Waals surface area contributed by atoms with Crippen LogP contribution < -0.4 is 14.8 Å². The van der Waals surface area contributed by atoms with Crippen LogP contribution in [-0.2, 0) is 15.5 Å². The van der Waals surface area contributed by atoms with Gasteiger partial charge in [-0.2, -0.15) is 0 Å². The summed E-state index contributed by atoms with van der Waals surface area (Å²) in [4.78, 5) is 8.28. The lowest BCUT2D eigenvalue weighted by molar-refractivity contribution is 0.266. The Morgan fingerprint density at radius 2 is 1.91 bits per heavy atom. The number of rotatable bonds is 2. The van der Waals surface area contributed by atoms with E-state index in [9.17, 15) is 13.0 Å². The van der Waals surface area contributed by atoms with Crippen molar-refractivity contribution in [1.29, 1.82) is 4.78 Å². The monoisotopic (exact) mass is 460 g/mol. The highest BCUT2D eigenvalue weighted by Crippen LogP contribution is 2.33. The maximum absolute atomic E-state index is 14.6. The third kappa shape index (κ3) is 5.50. The summed E-state index contributed by atoms with van der Waals surface area (Å²) in [6.07, 6.45) is 3.70. The van der Waals surface area contributed by atoms with Gasteiger partial charge in [0, 0.05) is 39.4 Å². The molecule has 0 amide bonds. The molecule has 32 heavy (non-hydrogen) atoms. The van der Waals surface area contributed by atoms with Crippen molar-refractivity contribution >= 4 is 21.4 Å². The first-order chi connectivity index (χ1) is 15.3. The van der Waals surface area contributed by atoms with Crippen LogP contribution in [0, 0.1) is 16.4 Å². The Labute approximate surface area is 184 Å². The number of fused-ring (bicyclic) bond motifs is 6. The van der Waals surface area contributed by atoms with Gasteiger partial charge in [0.25, 0.3) is 0 Å². The summed E-state index contributed by atoms with van der Waals surface area (Å²) in [5.74, 6) is -0.270. The van der Waals surface area contributed by atoms with Crippen LogP contribution in [0.5, 0.6) is 11.5 Å². The molecule has 3 aromatic rings. The predicted molar refractivity (Wildman–Crippen MR) is 118 cm³/mol. The van der Waals surface area contributed by atoms with E-state index < -0.39 is 21.4 Å². The molecule has 4 bridgehead atoms. The van der Waals surface area contributed by atoms with Crippen molar-refractivity contribution in [2.24, 2.45) is 0 Å². The van der Waals surface area contributed by atoms with Crippen molar-refractivity contribution in [3.8, 4) is 22.8 Å². The molecule has 0 saturated carbocycles. The molecule has 2 aromatic carbocycles. The molecule has 0 fully saturated rings. The highest BCUT2D eigenvalue weighted by molar-refractivity contribution is 7.90. The zero-order valence-electron chi connectivity index (χ0n) is 17.4. The third-order valence-corrected chi connectivity index (χ3v) is 5.56. The molecule has 0 spiro atoms. The Morgan fingerprint density at radius 3 is 2.69 bits per heavy atom. The maximum Gasteiger partial charge on any atom is 0.227 e. The van der Waals surface area contributed by atoms with Gasteiger partial charge >= 0.3 is 0 Å². The fourth-order valence-electron chi connectivity index (χ4n) is 3.35. The van der Waals surface area contributed by atoms with E-state index in [1.807, 2.05) is 0 Å². The largest absolute Gasteiger partial charge is 0.494 e. The summed E-state index contributed by atoms with van der Waals surface area (Å²) in [7, 11) is -2.77. The zero-order valence-corrected chi connectivity index (χ0v) is 18.2. The minimum Gasteiger partial charge on any atom is -0.494 e. The molecule has 0 saturated heterocycles. The van der Waals surface area contributed by atoms with Crippen molar-refractivity contribution in [3.63, 3.8) is 0 Å². The van der Waals surface area contributed by atoms with E-state index in [0.717, 1.165) is 6.20 Å². The van der Waals surface area contributed by atoms with E-state index in [2.05, 4.69) is 15.3 Å². The van der Waals surface area contributed by atoms with Crippen molar-refractivity contribution in [2.75, 3.05) is 24.8 Å². The zero-order chi connectivity index (χ0) is 22.7. The summed E-state index contributed by atoms with van der Waals surface area (Å²) in [5, 5.41) is 3.01. The molecular weight excluding hydrogens is 438 g/mol. The smallest absolute Gasteiger partial charge is 0.227 e. The first-order valence-electron chi connectivity index (χ1n) is 9.97. The fourth-order valence-corrected chi connectivity index (χ4v) is 4.15. The number of nitrogens with one attached hydrogen (secondary N) is 2. The molecule has 1 aliphatic heterocycles. The van der Waals surface area contributed by atoms with Crippen molar-refractivity contribution in [3.05, 3.63) is 59.8 Å². The summed E-state index contributed by atoms with van der Waals surface area (Å²) < 4.78 is 59.7. The number of anilines is 2. The SMILES string of the molecule is CS(=N)(=O)Cc1cc2cc(c1)OCCCCOc1cc(F)ccc1-c1nc(ncc1F)N2. The fraction of sp³-hybridized carbons (Fsp3) is 0.273. The van der Waals surface area contributed by atoms with Gasteiger partial charge in [-0.05, 0) is 42.7 Å². The van der Waals surface area contributed by atoms with E-state index in [-0.39, 0.29) is 23.1 Å². The predicted octanol–water partition coefficient (Wildman–Crippen LogP) is 4.89. The summed E-state index contributed by atoms with van der Waals surface area (Å²) in [6, 6.07) is 9.05. The Hall–Kier alpha value is -3.27. The Balaban J connectivity index is 1.78. The average Bonchev–Trinajstić information content (AvgIpc) is 2.71. The maximum atomic E-state index is 14.6. The van der Waals surface area contributed by atoms with Gasteiger partial charge in [-0.1, -0.05) is 0 Å². The molecule has 1 unspecified atom stereocenters. The molecule has 168 valence electrons. The first-order valence-corrected chi connectivity index (χ1v) is 12.1. The average molecular weight is 461 g/mol. The molecule has 4 rings (SSSR count). The van der Waals surface area contributed by atoms with Gasteiger partial charge in [-0.25, -0.2) is 23.0 Å². The lowest BCUT2D eigenvalue weighted by Crippen LogP contribution is -2.04. The van der Waals surface area contributed by atoms with Gasteiger partial charge < -0.3 is 14.8 Å². The van der Waals surface area contributed by atoms with Gasteiger partial charge in [0.1, 0.15) is 23.0 Å². The lowest BCUT2D eigenvalue weighted by atomic mass is 10.1. The summed E-state index contributed by atoms with van der Waals surface area (Å²) in [6.45, 7) is 0.698. The molecule has 10 heteroatoms. The second-order valence-electron chi connectivity index (χ2n) is 7.57. The molecule has 0 aliphatic carbocycles. The van der Waals surface area contributed by atoms with Gasteiger partial charge in [-0.3, -0.25) is 4.78 Å². The Morgan fingerprint density at radius 1 is 1.12 bits per heavy atom. The Bertz CT molecular complexity index is 1250. The van der Waals surface area contributed by atoms with E-state index in [0.29, 0.717) is 48.6 Å². The molecule has 0 radical (unpaired) electrons. The van der Waals surface area contributed by atoms with Gasteiger partial charge in [0.15, 0.2) is 5.82 Å². The molecule has 1 aliphatic rings. The molecular formula is C22H22F2N4O3S. The van der Waals surface area contributed by atoms with Gasteiger partial charge in [0.05, 0.1) is 25.2 Å². The molecule has 1 aromatic heterocycles. The second-order valence-corrected chi connectivity index (χ2v) is 9.87. The van der Waals surface area contributed by atoms with Crippen LogP contribution in [0.15, 0.2) is 42.6 Å². The standard InChI is InChI=1S/C22H22F2N4O3S/c1-32(25,29)13-14-8-16-11-17(9-14)30-6-2-3-7-31-20-10-15(23)4-5-18(20)21-19(24)12-26-22(27-16)28-21/h4-5,8-12,25H,2-3,6-7,13H2,1H3,(H,26,27,28). The molecule has 2 N–H and O–H groups in total. The van der Waals surface area contributed by atoms with Crippen LogP contribution in [-0.4, -0.2) is 33.6 Å². The van der Waals surface area contributed by atoms with E-state index in [1.165, 1.54) is 24.5 Å². The van der Waals surface area contributed by atoms with Crippen molar-refractivity contribution in [2.45, 2.75) is 18.6 Å². The number of nitrogens with zero attached hydrogens (tertiary/aromatic N) is 2. The number of aromatic nitrogens is 2. The number of hydrogen-bond donors (Lipinski definition) is 2. The minimum absolute atomic E-state index is 0.0252. The molecule has 2 heterocycles. The number of benzene rings is 2. The van der Waals surface area contributed by atoms with E-state index in [4.69, 9.17) is 14.3 Å². The van der Waals surface area contributed by atoms with Gasteiger partial charge in [0.2, 0.25) is 5.95 Å². The number of halogens is 2. The van der Waals surface area contributed by atoms with Crippen LogP contribution in [0.4, 0.5) is 20.4 Å². The first kappa shape index (κ1) is 21.9. The summed E-state index contributed by atoms with van der Waals surface area (Å²) >= 11 is 0. The third-order valence-electron chi connectivity index (χ3n) is 4.67. The minimum atomic E-state index is -2.77. The van der Waals surface area contributed by atoms with Crippen LogP contribution in [0.3, 0.4) is 0 Å². The topological polar surface area (TPSA) is 97.2 Å². The summed E-state index contributed by atoms with van der Waals surface area (Å²) in [5.41, 5.74) is 1.49. The van der Waals surface area contributed by atoms with Crippen LogP contribution in [0.25, 0.3) is 11.3 Å². The molecule has 1 atom stereocenters. The number of hydrogen-bond acceptors (Lipinski definition) is 7. The Kier molecular flexibility index (Phi) is 6.22. The van der Waals surface area contributed by atoms with E-state index >= 15 is 0 Å². The van der Waals surface area contributed by atoms with Crippen LogP contribution >= 0.6 is 0 Å². The van der Waals surface area contributed by atoms with Crippen molar-refractivity contribution < 1.29 is 22.5 Å². The second kappa shape index (κ2) is 9.07.